The van der Waals surface area contributed by atoms with Crippen LogP contribution in [0.25, 0.3) is 0 Å². The Morgan fingerprint density at radius 1 is 1.12 bits per heavy atom. The quantitative estimate of drug-likeness (QED) is 0.648. The molecule has 7 nitrogen and oxygen atoms in total. The van der Waals surface area contributed by atoms with E-state index in [1.54, 1.807) is 0 Å². The van der Waals surface area contributed by atoms with Crippen LogP contribution in [0.4, 0.5) is 0 Å². The van der Waals surface area contributed by atoms with Crippen LogP contribution in [0, 0.1) is 5.92 Å². The van der Waals surface area contributed by atoms with Gasteiger partial charge in [0, 0.05) is 18.2 Å². The van der Waals surface area contributed by atoms with Crippen molar-refractivity contribution >= 4 is 21.7 Å². The summed E-state index contributed by atoms with van der Waals surface area (Å²) in [7, 11) is -3.77. The summed E-state index contributed by atoms with van der Waals surface area (Å²) >= 11 is 0. The fourth-order valence-corrected chi connectivity index (χ4v) is 4.33. The molecule has 1 aromatic carbocycles. The van der Waals surface area contributed by atoms with Crippen molar-refractivity contribution in [3.8, 4) is 0 Å². The molecule has 0 aromatic heterocycles. The van der Waals surface area contributed by atoms with Gasteiger partial charge in [-0.15, -0.1) is 0 Å². The molecule has 0 aliphatic heterocycles. The maximum absolute atomic E-state index is 12.4. The normalized spacial score (nSPS) is 17.0. The number of amides is 2. The second-order valence-corrected chi connectivity index (χ2v) is 8.45. The number of rotatable bonds is 7. The molecule has 1 fully saturated rings. The second kappa shape index (κ2) is 8.44. The largest absolute Gasteiger partial charge is 0.369 e. The van der Waals surface area contributed by atoms with Crippen LogP contribution < -0.4 is 16.8 Å². The van der Waals surface area contributed by atoms with Crippen molar-refractivity contribution < 1.29 is 18.0 Å². The average Bonchev–Trinajstić information content (AvgIpc) is 2.59. The fraction of sp³-hybridized carbons (Fsp3) is 0.529. The van der Waals surface area contributed by atoms with Crippen LogP contribution in [-0.4, -0.2) is 38.6 Å². The van der Waals surface area contributed by atoms with Gasteiger partial charge in [0.2, 0.25) is 5.91 Å². The van der Waals surface area contributed by atoms with Crippen molar-refractivity contribution in [2.75, 3.05) is 12.3 Å². The number of carbonyl (C=O) groups is 2. The molecule has 5 N–H and O–H groups in total. The Bertz CT molecular complexity index is 710. The molecule has 1 aliphatic carbocycles. The monoisotopic (exact) mass is 367 g/mol. The maximum atomic E-state index is 12.4. The summed E-state index contributed by atoms with van der Waals surface area (Å²) in [6.07, 6.45) is 5.66. The number of nitrogens with two attached hydrogens (primary N) is 2. The Labute approximate surface area is 148 Å². The third kappa shape index (κ3) is 5.27. The average molecular weight is 367 g/mol. The van der Waals surface area contributed by atoms with Gasteiger partial charge >= 0.3 is 0 Å². The van der Waals surface area contributed by atoms with Gasteiger partial charge < -0.3 is 16.8 Å². The van der Waals surface area contributed by atoms with Crippen molar-refractivity contribution in [2.45, 2.75) is 43.0 Å². The number of nitrogens with one attached hydrogen (secondary N) is 1. The van der Waals surface area contributed by atoms with Crippen LogP contribution in [0.5, 0.6) is 0 Å². The van der Waals surface area contributed by atoms with Crippen molar-refractivity contribution in [1.29, 1.82) is 0 Å². The predicted octanol–water partition coefficient (Wildman–Crippen LogP) is 0.583. The first kappa shape index (κ1) is 19.4. The van der Waals surface area contributed by atoms with Crippen LogP contribution >= 0.6 is 0 Å². The minimum absolute atomic E-state index is 0.0366. The SMILES string of the molecule is NCC(NC(=O)c1ccc(S(=O)(=O)CC(N)=O)cc1)C1CCCCC1. The lowest BCUT2D eigenvalue weighted by Crippen LogP contribution is -2.45. The number of hydrogen-bond donors (Lipinski definition) is 3. The molecule has 0 bridgehead atoms. The summed E-state index contributed by atoms with van der Waals surface area (Å²) in [6, 6.07) is 5.40. The number of sulfone groups is 1. The van der Waals surface area contributed by atoms with Gasteiger partial charge in [0.15, 0.2) is 9.84 Å². The van der Waals surface area contributed by atoms with Gasteiger partial charge in [-0.25, -0.2) is 8.42 Å². The Hall–Kier alpha value is -1.93. The molecule has 2 rings (SSSR count). The summed E-state index contributed by atoms with van der Waals surface area (Å²) in [4.78, 5) is 23.2. The van der Waals surface area contributed by atoms with Crippen LogP contribution in [0.2, 0.25) is 0 Å². The van der Waals surface area contributed by atoms with E-state index in [2.05, 4.69) is 5.32 Å². The number of carbonyl (C=O) groups excluding carboxylic acids is 2. The van der Waals surface area contributed by atoms with E-state index >= 15 is 0 Å². The summed E-state index contributed by atoms with van der Waals surface area (Å²) in [5.74, 6) is -1.56. The van der Waals surface area contributed by atoms with Crippen molar-refractivity contribution in [1.82, 2.24) is 5.32 Å². The first-order chi connectivity index (χ1) is 11.8. The zero-order valence-corrected chi connectivity index (χ0v) is 14.9. The first-order valence-corrected chi connectivity index (χ1v) is 10.1. The lowest BCUT2D eigenvalue weighted by Gasteiger charge is -2.30. The van der Waals surface area contributed by atoms with Crippen molar-refractivity contribution in [3.05, 3.63) is 29.8 Å². The van der Waals surface area contributed by atoms with Gasteiger partial charge in [-0.05, 0) is 43.0 Å². The topological polar surface area (TPSA) is 132 Å². The molecule has 1 saturated carbocycles. The van der Waals surface area contributed by atoms with Crippen molar-refractivity contribution in [2.24, 2.45) is 17.4 Å². The predicted molar refractivity (Wildman–Crippen MR) is 94.6 cm³/mol. The summed E-state index contributed by atoms with van der Waals surface area (Å²) in [5.41, 5.74) is 11.1. The highest BCUT2D eigenvalue weighted by Crippen LogP contribution is 2.26. The highest BCUT2D eigenvalue weighted by Gasteiger charge is 2.24. The van der Waals surface area contributed by atoms with Crippen LogP contribution in [-0.2, 0) is 14.6 Å². The zero-order valence-electron chi connectivity index (χ0n) is 14.1. The second-order valence-electron chi connectivity index (χ2n) is 6.46. The van der Waals surface area contributed by atoms with Crippen molar-refractivity contribution in [3.63, 3.8) is 0 Å². The highest BCUT2D eigenvalue weighted by atomic mass is 32.2. The third-order valence-corrected chi connectivity index (χ3v) is 6.25. The minimum Gasteiger partial charge on any atom is -0.369 e. The molecule has 1 aliphatic rings. The Balaban J connectivity index is 2.05. The Morgan fingerprint density at radius 3 is 2.24 bits per heavy atom. The molecule has 8 heteroatoms. The van der Waals surface area contributed by atoms with E-state index in [1.807, 2.05) is 0 Å². The summed E-state index contributed by atoms with van der Waals surface area (Å²) in [6.45, 7) is 0.376. The van der Waals surface area contributed by atoms with Gasteiger partial charge in [-0.2, -0.15) is 0 Å². The fourth-order valence-electron chi connectivity index (χ4n) is 3.24. The third-order valence-electron chi connectivity index (χ3n) is 4.60. The van der Waals surface area contributed by atoms with Gasteiger partial charge in [0.25, 0.3) is 5.91 Å². The summed E-state index contributed by atoms with van der Waals surface area (Å²) < 4.78 is 23.9. The Morgan fingerprint density at radius 2 is 1.72 bits per heavy atom. The summed E-state index contributed by atoms with van der Waals surface area (Å²) in [5, 5.41) is 2.96. The molecule has 1 unspecified atom stereocenters. The first-order valence-electron chi connectivity index (χ1n) is 8.45. The molecule has 0 spiro atoms. The molecule has 138 valence electrons. The molecular formula is C17H25N3O4S. The van der Waals surface area contributed by atoms with E-state index in [-0.39, 0.29) is 16.8 Å². The number of hydrogen-bond acceptors (Lipinski definition) is 5. The molecule has 2 amide bonds. The Kier molecular flexibility index (Phi) is 6.55. The molecule has 0 heterocycles. The molecule has 0 radical (unpaired) electrons. The molecular weight excluding hydrogens is 342 g/mol. The molecule has 0 saturated heterocycles. The van der Waals surface area contributed by atoms with Gasteiger partial charge in [0.1, 0.15) is 5.75 Å². The lowest BCUT2D eigenvalue weighted by molar-refractivity contribution is -0.115. The lowest BCUT2D eigenvalue weighted by atomic mass is 9.84. The van der Waals surface area contributed by atoms with E-state index in [0.29, 0.717) is 18.0 Å². The van der Waals surface area contributed by atoms with Crippen LogP contribution in [0.15, 0.2) is 29.2 Å². The van der Waals surface area contributed by atoms with Crippen LogP contribution in [0.3, 0.4) is 0 Å². The molecule has 1 aromatic rings. The van der Waals surface area contributed by atoms with Gasteiger partial charge in [-0.1, -0.05) is 19.3 Å². The van der Waals surface area contributed by atoms with Crippen LogP contribution in [0.1, 0.15) is 42.5 Å². The standard InChI is InChI=1S/C17H25N3O4S/c18-10-15(12-4-2-1-3-5-12)20-17(22)13-6-8-14(9-7-13)25(23,24)11-16(19)21/h6-9,12,15H,1-5,10-11,18H2,(H2,19,21)(H,20,22). The number of primary amides is 1. The van der Waals surface area contributed by atoms with E-state index in [0.717, 1.165) is 25.7 Å². The van der Waals surface area contributed by atoms with E-state index < -0.39 is 21.5 Å². The smallest absolute Gasteiger partial charge is 0.251 e. The van der Waals surface area contributed by atoms with E-state index in [4.69, 9.17) is 11.5 Å². The molecule has 25 heavy (non-hydrogen) atoms. The van der Waals surface area contributed by atoms with Gasteiger partial charge in [0.05, 0.1) is 4.90 Å². The van der Waals surface area contributed by atoms with E-state index in [1.165, 1.54) is 30.7 Å². The maximum Gasteiger partial charge on any atom is 0.251 e. The highest BCUT2D eigenvalue weighted by molar-refractivity contribution is 7.92. The zero-order chi connectivity index (χ0) is 18.4. The minimum atomic E-state index is -3.77. The number of benzene rings is 1. The van der Waals surface area contributed by atoms with Gasteiger partial charge in [-0.3, -0.25) is 9.59 Å². The van der Waals surface area contributed by atoms with E-state index in [9.17, 15) is 18.0 Å². The molecule has 1 atom stereocenters.